The highest BCUT2D eigenvalue weighted by molar-refractivity contribution is 5.93. The quantitative estimate of drug-likeness (QED) is 0.590. The molecule has 0 unspecified atom stereocenters. The van der Waals surface area contributed by atoms with Crippen LogP contribution in [-0.4, -0.2) is 28.3 Å². The van der Waals surface area contributed by atoms with Crippen LogP contribution < -0.4 is 16.0 Å². The van der Waals surface area contributed by atoms with Crippen LogP contribution in [0.15, 0.2) is 67.0 Å². The van der Waals surface area contributed by atoms with Crippen molar-refractivity contribution in [3.63, 3.8) is 0 Å². The molecule has 1 aromatic heterocycles. The number of anilines is 3. The van der Waals surface area contributed by atoms with E-state index in [1.54, 1.807) is 24.3 Å². The molecule has 0 saturated heterocycles. The molecular formula is C21H21N5O2. The molecule has 7 nitrogen and oxygen atoms in total. The first-order chi connectivity index (χ1) is 13.6. The maximum atomic E-state index is 12.2. The third-order valence-corrected chi connectivity index (χ3v) is 3.92. The smallest absolute Gasteiger partial charge is 0.254 e. The van der Waals surface area contributed by atoms with Gasteiger partial charge in [0.15, 0.2) is 0 Å². The summed E-state index contributed by atoms with van der Waals surface area (Å²) in [7, 11) is 0. The Hall–Kier alpha value is -3.74. The van der Waals surface area contributed by atoms with Gasteiger partial charge in [-0.15, -0.1) is 0 Å². The Morgan fingerprint density at radius 3 is 2.18 bits per heavy atom. The van der Waals surface area contributed by atoms with E-state index >= 15 is 0 Å². The van der Waals surface area contributed by atoms with E-state index in [1.165, 1.54) is 24.9 Å². The van der Waals surface area contributed by atoms with Gasteiger partial charge in [-0.05, 0) is 36.2 Å². The highest BCUT2D eigenvalue weighted by atomic mass is 16.2. The van der Waals surface area contributed by atoms with Crippen molar-refractivity contribution < 1.29 is 9.59 Å². The van der Waals surface area contributed by atoms with Gasteiger partial charge in [0, 0.05) is 37.2 Å². The van der Waals surface area contributed by atoms with Crippen molar-refractivity contribution in [1.29, 1.82) is 0 Å². The Balaban J connectivity index is 1.51. The Morgan fingerprint density at radius 1 is 0.893 bits per heavy atom. The summed E-state index contributed by atoms with van der Waals surface area (Å²) >= 11 is 0. The molecule has 0 aliphatic heterocycles. The number of hydrogen-bond donors (Lipinski definition) is 3. The first-order valence-corrected chi connectivity index (χ1v) is 8.89. The number of nitrogens with one attached hydrogen (secondary N) is 3. The van der Waals surface area contributed by atoms with Gasteiger partial charge in [-0.25, -0.2) is 9.97 Å². The third kappa shape index (κ3) is 5.63. The molecule has 2 amide bonds. The van der Waals surface area contributed by atoms with Gasteiger partial charge in [-0.1, -0.05) is 30.3 Å². The zero-order valence-electron chi connectivity index (χ0n) is 15.5. The molecule has 0 saturated carbocycles. The molecule has 0 spiro atoms. The van der Waals surface area contributed by atoms with E-state index < -0.39 is 0 Å². The highest BCUT2D eigenvalue weighted by Gasteiger charge is 2.07. The van der Waals surface area contributed by atoms with E-state index in [2.05, 4.69) is 25.9 Å². The van der Waals surface area contributed by atoms with Crippen LogP contribution in [0.1, 0.15) is 22.8 Å². The minimum Gasteiger partial charge on any atom is -0.352 e. The van der Waals surface area contributed by atoms with Gasteiger partial charge < -0.3 is 16.0 Å². The van der Waals surface area contributed by atoms with Gasteiger partial charge >= 0.3 is 0 Å². The molecule has 3 rings (SSSR count). The summed E-state index contributed by atoms with van der Waals surface area (Å²) in [6, 6.07) is 17.1. The number of aromatic nitrogens is 2. The van der Waals surface area contributed by atoms with E-state index in [9.17, 15) is 9.59 Å². The van der Waals surface area contributed by atoms with Crippen molar-refractivity contribution >= 4 is 29.1 Å². The fourth-order valence-electron chi connectivity index (χ4n) is 2.55. The Morgan fingerprint density at radius 2 is 1.54 bits per heavy atom. The standard InChI is InChI=1S/C21H21N5O2/c1-15(27)25-18-7-9-19(10-8-18)26-21-23-13-17(14-24-21)20(28)22-12-11-16-5-3-2-4-6-16/h2-10,13-14H,11-12H2,1H3,(H,22,28)(H,25,27)(H,23,24,26). The van der Waals surface area contributed by atoms with Crippen LogP contribution in [0.3, 0.4) is 0 Å². The van der Waals surface area contributed by atoms with Crippen LogP contribution in [0, 0.1) is 0 Å². The summed E-state index contributed by atoms with van der Waals surface area (Å²) in [4.78, 5) is 31.6. The molecule has 0 fully saturated rings. The fourth-order valence-corrected chi connectivity index (χ4v) is 2.55. The number of rotatable bonds is 7. The van der Waals surface area contributed by atoms with Gasteiger partial charge in [0.25, 0.3) is 5.91 Å². The number of nitrogens with zero attached hydrogens (tertiary/aromatic N) is 2. The second kappa shape index (κ2) is 9.27. The molecule has 3 N–H and O–H groups in total. The topological polar surface area (TPSA) is 96.0 Å². The number of hydrogen-bond acceptors (Lipinski definition) is 5. The maximum Gasteiger partial charge on any atom is 0.254 e. The Kier molecular flexibility index (Phi) is 6.30. The first kappa shape index (κ1) is 19.0. The first-order valence-electron chi connectivity index (χ1n) is 8.89. The summed E-state index contributed by atoms with van der Waals surface area (Å²) in [6.07, 6.45) is 3.74. The molecule has 0 aliphatic carbocycles. The molecule has 0 atom stereocenters. The lowest BCUT2D eigenvalue weighted by Gasteiger charge is -2.08. The zero-order chi connectivity index (χ0) is 19.8. The molecule has 28 heavy (non-hydrogen) atoms. The van der Waals surface area contributed by atoms with Crippen LogP contribution in [0.2, 0.25) is 0 Å². The minimum absolute atomic E-state index is 0.123. The van der Waals surface area contributed by atoms with Crippen LogP contribution >= 0.6 is 0 Å². The average molecular weight is 375 g/mol. The summed E-state index contributed by atoms with van der Waals surface area (Å²) in [5, 5.41) is 8.61. The Bertz CT molecular complexity index is 925. The van der Waals surface area contributed by atoms with E-state index in [4.69, 9.17) is 0 Å². The lowest BCUT2D eigenvalue weighted by Crippen LogP contribution is -2.26. The predicted molar refractivity (Wildman–Crippen MR) is 109 cm³/mol. The second-order valence-corrected chi connectivity index (χ2v) is 6.17. The summed E-state index contributed by atoms with van der Waals surface area (Å²) in [5.74, 6) is 0.0527. The molecule has 142 valence electrons. The normalized spacial score (nSPS) is 10.2. The van der Waals surface area contributed by atoms with Crippen molar-refractivity contribution in [1.82, 2.24) is 15.3 Å². The van der Waals surface area contributed by atoms with E-state index in [0.717, 1.165) is 12.1 Å². The number of amides is 2. The van der Waals surface area contributed by atoms with E-state index in [1.807, 2.05) is 30.3 Å². The van der Waals surface area contributed by atoms with Gasteiger partial charge in [-0.2, -0.15) is 0 Å². The van der Waals surface area contributed by atoms with E-state index in [0.29, 0.717) is 23.7 Å². The lowest BCUT2D eigenvalue weighted by molar-refractivity contribution is -0.114. The predicted octanol–water partition coefficient (Wildman–Crippen LogP) is 3.15. The largest absolute Gasteiger partial charge is 0.352 e. The van der Waals surface area contributed by atoms with E-state index in [-0.39, 0.29) is 11.8 Å². The van der Waals surface area contributed by atoms with Crippen LogP contribution in [0.25, 0.3) is 0 Å². The Labute approximate surface area is 163 Å². The summed E-state index contributed by atoms with van der Waals surface area (Å²) in [6.45, 7) is 2.00. The molecule has 0 bridgehead atoms. The van der Waals surface area contributed by atoms with Crippen molar-refractivity contribution in [2.75, 3.05) is 17.2 Å². The maximum absolute atomic E-state index is 12.2. The van der Waals surface area contributed by atoms with Gasteiger partial charge in [0.1, 0.15) is 0 Å². The highest BCUT2D eigenvalue weighted by Crippen LogP contribution is 2.16. The van der Waals surface area contributed by atoms with Crippen molar-refractivity contribution in [2.45, 2.75) is 13.3 Å². The second-order valence-electron chi connectivity index (χ2n) is 6.17. The molecule has 0 radical (unpaired) electrons. The fraction of sp³-hybridized carbons (Fsp3) is 0.143. The minimum atomic E-state index is -0.206. The van der Waals surface area contributed by atoms with Crippen molar-refractivity contribution in [3.05, 3.63) is 78.1 Å². The molecule has 0 aliphatic rings. The number of carbonyl (C=O) groups excluding carboxylic acids is 2. The third-order valence-electron chi connectivity index (χ3n) is 3.92. The molecular weight excluding hydrogens is 354 g/mol. The molecule has 3 aromatic rings. The molecule has 7 heteroatoms. The van der Waals surface area contributed by atoms with Gasteiger partial charge in [0.05, 0.1) is 5.56 Å². The van der Waals surface area contributed by atoms with Crippen molar-refractivity contribution in [2.24, 2.45) is 0 Å². The van der Waals surface area contributed by atoms with Crippen molar-refractivity contribution in [3.8, 4) is 0 Å². The van der Waals surface area contributed by atoms with Gasteiger partial charge in [0.2, 0.25) is 11.9 Å². The number of carbonyl (C=O) groups is 2. The van der Waals surface area contributed by atoms with Gasteiger partial charge in [-0.3, -0.25) is 9.59 Å². The summed E-state index contributed by atoms with van der Waals surface area (Å²) < 4.78 is 0. The van der Waals surface area contributed by atoms with Crippen LogP contribution in [0.4, 0.5) is 17.3 Å². The lowest BCUT2D eigenvalue weighted by atomic mass is 10.1. The number of benzene rings is 2. The summed E-state index contributed by atoms with van der Waals surface area (Å²) in [5.41, 5.74) is 3.05. The van der Waals surface area contributed by atoms with Crippen LogP contribution in [-0.2, 0) is 11.2 Å². The average Bonchev–Trinajstić information content (AvgIpc) is 2.70. The monoisotopic (exact) mass is 375 g/mol. The molecule has 2 aromatic carbocycles. The molecule has 1 heterocycles. The van der Waals surface area contributed by atoms with Crippen LogP contribution in [0.5, 0.6) is 0 Å². The zero-order valence-corrected chi connectivity index (χ0v) is 15.5. The SMILES string of the molecule is CC(=O)Nc1ccc(Nc2ncc(C(=O)NCCc3ccccc3)cn2)cc1.